The Morgan fingerprint density at radius 2 is 1.41 bits per heavy atom. The van der Waals surface area contributed by atoms with E-state index in [1.165, 1.54) is 17.2 Å². The van der Waals surface area contributed by atoms with Crippen LogP contribution in [0, 0.1) is 5.92 Å². The Bertz CT molecular complexity index is 1050. The Morgan fingerprint density at radius 1 is 0.906 bits per heavy atom. The number of thiocarbonyl (C=S) groups is 1. The van der Waals surface area contributed by atoms with Crippen LogP contribution in [0.2, 0.25) is 10.0 Å². The summed E-state index contributed by atoms with van der Waals surface area (Å²) in [5.74, 6) is 0.684. The monoisotopic (exact) mass is 515 g/mol. The van der Waals surface area contributed by atoms with Crippen molar-refractivity contribution in [2.24, 2.45) is 5.92 Å². The van der Waals surface area contributed by atoms with Crippen LogP contribution >= 0.6 is 35.4 Å². The van der Waals surface area contributed by atoms with Gasteiger partial charge >= 0.3 is 0 Å². The molecule has 0 saturated carbocycles. The van der Waals surface area contributed by atoms with Gasteiger partial charge < -0.3 is 4.74 Å². The van der Waals surface area contributed by atoms with E-state index in [4.69, 9.17) is 40.2 Å². The third-order valence-corrected chi connectivity index (χ3v) is 7.00. The summed E-state index contributed by atoms with van der Waals surface area (Å²) >= 11 is 18.5. The van der Waals surface area contributed by atoms with Gasteiger partial charge in [0.15, 0.2) is 10.8 Å². The molecular formula is C24H31Cl2NO3S2. The summed E-state index contributed by atoms with van der Waals surface area (Å²) < 4.78 is 31.4. The van der Waals surface area contributed by atoms with Crippen molar-refractivity contribution in [1.29, 1.82) is 0 Å². The molecule has 4 nitrogen and oxygen atoms in total. The van der Waals surface area contributed by atoms with Crippen molar-refractivity contribution in [3.8, 4) is 5.75 Å². The highest BCUT2D eigenvalue weighted by Crippen LogP contribution is 2.46. The molecule has 0 aliphatic carbocycles. The number of anilines is 1. The summed E-state index contributed by atoms with van der Waals surface area (Å²) in [6, 6.07) is 8.04. The van der Waals surface area contributed by atoms with Crippen LogP contribution in [0.25, 0.3) is 0 Å². The molecule has 176 valence electrons. The highest BCUT2D eigenvalue weighted by atomic mass is 35.5. The van der Waals surface area contributed by atoms with E-state index in [0.717, 1.165) is 5.56 Å². The summed E-state index contributed by atoms with van der Waals surface area (Å²) in [4.78, 5) is 0. The zero-order valence-electron chi connectivity index (χ0n) is 19.5. The molecule has 0 saturated heterocycles. The third-order valence-electron chi connectivity index (χ3n) is 5.37. The number of nitrogens with one attached hydrogen (secondary N) is 1. The van der Waals surface area contributed by atoms with E-state index < -0.39 is 10.9 Å². The Labute approximate surface area is 208 Å². The van der Waals surface area contributed by atoms with Gasteiger partial charge in [-0.3, -0.25) is 4.72 Å². The first kappa shape index (κ1) is 26.9. The quantitative estimate of drug-likeness (QED) is 0.279. The van der Waals surface area contributed by atoms with Gasteiger partial charge in [0.05, 0.1) is 15.7 Å². The Kier molecular flexibility index (Phi) is 9.41. The molecule has 32 heavy (non-hydrogen) atoms. The smallest absolute Gasteiger partial charge is 0.222 e. The lowest BCUT2D eigenvalue weighted by molar-refractivity contribution is 0.523. The van der Waals surface area contributed by atoms with Crippen LogP contribution in [-0.4, -0.2) is 13.5 Å². The van der Waals surface area contributed by atoms with Crippen molar-refractivity contribution < 1.29 is 13.2 Å². The molecule has 0 bridgehead atoms. The van der Waals surface area contributed by atoms with Crippen LogP contribution in [0.3, 0.4) is 0 Å². The third kappa shape index (κ3) is 6.37. The van der Waals surface area contributed by atoms with Crippen molar-refractivity contribution >= 4 is 57.0 Å². The number of hydrogen-bond acceptors (Lipinski definition) is 4. The number of benzene rings is 2. The molecule has 0 aliphatic rings. The van der Waals surface area contributed by atoms with Crippen LogP contribution in [0.5, 0.6) is 5.75 Å². The van der Waals surface area contributed by atoms with Gasteiger partial charge in [0, 0.05) is 17.4 Å². The Balaban J connectivity index is 2.74. The largest absolute Gasteiger partial charge is 0.447 e. The minimum absolute atomic E-state index is 0.0109. The summed E-state index contributed by atoms with van der Waals surface area (Å²) in [5.41, 5.74) is 4.38. The zero-order chi connectivity index (χ0) is 24.3. The van der Waals surface area contributed by atoms with Gasteiger partial charge in [0.1, 0.15) is 0 Å². The predicted octanol–water partition coefficient (Wildman–Crippen LogP) is 7.69. The number of thiol groups is 1. The van der Waals surface area contributed by atoms with Gasteiger partial charge in [-0.25, -0.2) is 8.42 Å². The van der Waals surface area contributed by atoms with E-state index in [2.05, 4.69) is 50.6 Å². The Hall–Kier alpha value is -1.34. The van der Waals surface area contributed by atoms with Crippen molar-refractivity contribution in [3.63, 3.8) is 0 Å². The molecule has 1 N–H and O–H groups in total. The molecule has 1 atom stereocenters. The molecule has 2 aromatic rings. The average Bonchev–Trinajstić information content (AvgIpc) is 2.69. The maximum atomic E-state index is 11.5. The standard InChI is InChI=1S/C24H31Cl2NO3S2/c1-12(2)16-8-17(13(3)4)10-18(9-16)15(7)21-20(27-32(28)29)11-19(25)23(22(21)26)30-24(31)14(5)6/h8-15,32H,1-7H3,(H,27,28,29). The molecule has 8 heteroatoms. The number of ether oxygens (including phenoxy) is 1. The summed E-state index contributed by atoms with van der Waals surface area (Å²) in [7, 11) is -2.91. The van der Waals surface area contributed by atoms with E-state index in [1.54, 1.807) is 0 Å². The van der Waals surface area contributed by atoms with Crippen molar-refractivity contribution in [2.75, 3.05) is 4.72 Å². The summed E-state index contributed by atoms with van der Waals surface area (Å²) in [6.07, 6.45) is 0. The minimum Gasteiger partial charge on any atom is -0.447 e. The number of hydrogen-bond donors (Lipinski definition) is 2. The second-order valence-electron chi connectivity index (χ2n) is 8.87. The fraction of sp³-hybridized carbons (Fsp3) is 0.458. The molecular weight excluding hydrogens is 485 g/mol. The number of halogens is 2. The van der Waals surface area contributed by atoms with E-state index in [1.807, 2.05) is 20.8 Å². The van der Waals surface area contributed by atoms with Crippen molar-refractivity contribution in [3.05, 3.63) is 56.6 Å². The molecule has 0 spiro atoms. The molecule has 0 heterocycles. The first-order chi connectivity index (χ1) is 14.8. The van der Waals surface area contributed by atoms with Gasteiger partial charge in [-0.1, -0.05) is 89.9 Å². The van der Waals surface area contributed by atoms with E-state index in [-0.39, 0.29) is 27.6 Å². The van der Waals surface area contributed by atoms with Gasteiger partial charge in [-0.05, 0) is 46.8 Å². The van der Waals surface area contributed by atoms with E-state index in [9.17, 15) is 8.42 Å². The molecule has 0 aliphatic heterocycles. The topological polar surface area (TPSA) is 55.4 Å². The average molecular weight is 517 g/mol. The second kappa shape index (κ2) is 11.2. The van der Waals surface area contributed by atoms with Gasteiger partial charge in [0.2, 0.25) is 10.9 Å². The van der Waals surface area contributed by atoms with Crippen molar-refractivity contribution in [2.45, 2.75) is 66.2 Å². The van der Waals surface area contributed by atoms with Gasteiger partial charge in [-0.2, -0.15) is 0 Å². The number of rotatable bonds is 8. The summed E-state index contributed by atoms with van der Waals surface area (Å²) in [5, 5.41) is 0.785. The van der Waals surface area contributed by atoms with Crippen LogP contribution in [-0.2, 0) is 10.9 Å². The fourth-order valence-corrected chi connectivity index (χ4v) is 4.49. The molecule has 0 amide bonds. The van der Waals surface area contributed by atoms with Crippen LogP contribution in [0.15, 0.2) is 24.3 Å². The lowest BCUT2D eigenvalue weighted by atomic mass is 9.85. The lowest BCUT2D eigenvalue weighted by Crippen LogP contribution is -2.14. The molecule has 2 rings (SSSR count). The predicted molar refractivity (Wildman–Crippen MR) is 141 cm³/mol. The second-order valence-corrected chi connectivity index (χ2v) is 10.8. The van der Waals surface area contributed by atoms with Crippen LogP contribution in [0.4, 0.5) is 5.69 Å². The van der Waals surface area contributed by atoms with E-state index in [0.29, 0.717) is 28.1 Å². The Morgan fingerprint density at radius 3 is 1.84 bits per heavy atom. The molecule has 0 aromatic heterocycles. The first-order valence-electron chi connectivity index (χ1n) is 10.6. The van der Waals surface area contributed by atoms with Crippen molar-refractivity contribution in [1.82, 2.24) is 0 Å². The lowest BCUT2D eigenvalue weighted by Gasteiger charge is -2.24. The molecule has 0 radical (unpaired) electrons. The highest BCUT2D eigenvalue weighted by molar-refractivity contribution is 7.80. The maximum absolute atomic E-state index is 11.5. The fourth-order valence-electron chi connectivity index (χ4n) is 3.33. The summed E-state index contributed by atoms with van der Waals surface area (Å²) in [6.45, 7) is 14.4. The molecule has 2 aromatic carbocycles. The molecule has 1 unspecified atom stereocenters. The molecule has 0 fully saturated rings. The first-order valence-corrected chi connectivity index (χ1v) is 13.0. The maximum Gasteiger partial charge on any atom is 0.222 e. The normalized spacial score (nSPS) is 12.7. The SMILES string of the molecule is CC(C)C(=S)Oc1c(Cl)cc(N[SH](=O)=O)c(C(C)c2cc(C(C)C)cc(C(C)C)c2)c1Cl. The van der Waals surface area contributed by atoms with Crippen LogP contribution in [0.1, 0.15) is 88.5 Å². The highest BCUT2D eigenvalue weighted by Gasteiger charge is 2.25. The minimum atomic E-state index is -2.91. The van der Waals surface area contributed by atoms with E-state index >= 15 is 0 Å². The van der Waals surface area contributed by atoms with Gasteiger partial charge in [0.25, 0.3) is 0 Å². The van der Waals surface area contributed by atoms with Crippen LogP contribution < -0.4 is 9.46 Å². The van der Waals surface area contributed by atoms with Gasteiger partial charge in [-0.15, -0.1) is 0 Å². The zero-order valence-corrected chi connectivity index (χ0v) is 22.7.